The highest BCUT2D eigenvalue weighted by atomic mass is 16.4. The summed E-state index contributed by atoms with van der Waals surface area (Å²) >= 11 is 0. The maximum atomic E-state index is 11.7. The second-order valence-corrected chi connectivity index (χ2v) is 6.82. The molecular weight excluding hydrogens is 342 g/mol. The van der Waals surface area contributed by atoms with E-state index in [1.54, 1.807) is 13.1 Å². The molecule has 0 spiro atoms. The zero-order chi connectivity index (χ0) is 20.0. The number of aliphatic imine (C=N–C) groups is 1. The summed E-state index contributed by atoms with van der Waals surface area (Å²) in [7, 11) is 0. The van der Waals surface area contributed by atoms with Crippen LogP contribution in [-0.4, -0.2) is 28.3 Å². The summed E-state index contributed by atoms with van der Waals surface area (Å²) < 4.78 is 0. The lowest BCUT2D eigenvalue weighted by atomic mass is 9.96. The first kappa shape index (κ1) is 20.6. The molecule has 0 aliphatic heterocycles. The lowest BCUT2D eigenvalue weighted by Gasteiger charge is -2.15. The molecule has 3 N–H and O–H groups in total. The number of carboxylic acids is 1. The van der Waals surface area contributed by atoms with Crippen molar-refractivity contribution in [2.75, 3.05) is 6.54 Å². The zero-order valence-corrected chi connectivity index (χ0v) is 16.3. The summed E-state index contributed by atoms with van der Waals surface area (Å²) in [5, 5.41) is 11.6. The molecule has 0 saturated carbocycles. The minimum atomic E-state index is -0.882. The normalized spacial score (nSPS) is 12.8. The molecule has 0 amide bonds. The minimum Gasteiger partial charge on any atom is -0.480 e. The van der Waals surface area contributed by atoms with Gasteiger partial charge in [0.2, 0.25) is 0 Å². The van der Waals surface area contributed by atoms with Gasteiger partial charge >= 0.3 is 5.97 Å². The van der Waals surface area contributed by atoms with Crippen LogP contribution in [0.5, 0.6) is 0 Å². The number of rotatable bonds is 8. The van der Waals surface area contributed by atoms with Gasteiger partial charge in [-0.05, 0) is 49.4 Å². The number of aliphatic carboxylic acids is 1. The van der Waals surface area contributed by atoms with Crippen LogP contribution in [0.2, 0.25) is 0 Å². The molecule has 6 nitrogen and oxygen atoms in total. The van der Waals surface area contributed by atoms with Crippen LogP contribution >= 0.6 is 0 Å². The molecule has 2 aromatic rings. The number of hydrogen-bond acceptors (Lipinski definition) is 4. The highest BCUT2D eigenvalue weighted by molar-refractivity contribution is 6.03. The van der Waals surface area contributed by atoms with Gasteiger partial charge in [-0.3, -0.25) is 14.6 Å². The van der Waals surface area contributed by atoms with Crippen molar-refractivity contribution < 1.29 is 9.90 Å². The van der Waals surface area contributed by atoms with E-state index in [1.165, 1.54) is 0 Å². The Morgan fingerprint density at radius 2 is 2.00 bits per heavy atom. The molecule has 0 fully saturated rings. The average Bonchev–Trinajstić information content (AvgIpc) is 2.63. The van der Waals surface area contributed by atoms with E-state index >= 15 is 0 Å². The van der Waals surface area contributed by atoms with Gasteiger partial charge in [-0.15, -0.1) is 0 Å². The van der Waals surface area contributed by atoms with Crippen molar-refractivity contribution in [1.29, 1.82) is 0 Å². The molecule has 6 heteroatoms. The molecule has 0 aliphatic rings. The van der Waals surface area contributed by atoms with Gasteiger partial charge in [0.1, 0.15) is 0 Å². The Labute approximate surface area is 159 Å². The van der Waals surface area contributed by atoms with Gasteiger partial charge in [-0.1, -0.05) is 26.0 Å². The quantitative estimate of drug-likeness (QED) is 0.622. The lowest BCUT2D eigenvalue weighted by Crippen LogP contribution is -2.21. The Balaban J connectivity index is 2.41. The van der Waals surface area contributed by atoms with Crippen molar-refractivity contribution >= 4 is 17.4 Å². The van der Waals surface area contributed by atoms with E-state index in [4.69, 9.17) is 10.1 Å². The summed E-state index contributed by atoms with van der Waals surface area (Å²) in [5.74, 6) is -0.656. The van der Waals surface area contributed by atoms with Crippen LogP contribution in [0.25, 0.3) is 0 Å². The number of H-pyrrole nitrogens is 1. The molecule has 1 heterocycles. The summed E-state index contributed by atoms with van der Waals surface area (Å²) in [6.45, 7) is 8.40. The number of pyridine rings is 1. The Morgan fingerprint density at radius 3 is 2.63 bits per heavy atom. The summed E-state index contributed by atoms with van der Waals surface area (Å²) in [4.78, 5) is 30.1. The van der Waals surface area contributed by atoms with Gasteiger partial charge in [0.05, 0.1) is 17.9 Å². The molecule has 27 heavy (non-hydrogen) atoms. The molecule has 1 atom stereocenters. The predicted molar refractivity (Wildman–Crippen MR) is 108 cm³/mol. The minimum absolute atomic E-state index is 0.0821. The number of aromatic amines is 1. The van der Waals surface area contributed by atoms with E-state index in [0.29, 0.717) is 12.1 Å². The molecule has 1 aromatic heterocycles. The average molecular weight is 369 g/mol. The van der Waals surface area contributed by atoms with Gasteiger partial charge in [0, 0.05) is 23.9 Å². The third kappa shape index (κ3) is 5.62. The number of benzene rings is 1. The molecule has 1 aromatic carbocycles. The third-order valence-corrected chi connectivity index (χ3v) is 4.58. The van der Waals surface area contributed by atoms with Gasteiger partial charge in [0.15, 0.2) is 0 Å². The number of aromatic nitrogens is 1. The molecule has 0 aliphatic carbocycles. The van der Waals surface area contributed by atoms with E-state index in [1.807, 2.05) is 31.2 Å². The van der Waals surface area contributed by atoms with Crippen molar-refractivity contribution in [3.63, 3.8) is 0 Å². The van der Waals surface area contributed by atoms with E-state index in [-0.39, 0.29) is 18.0 Å². The predicted octanol–water partition coefficient (Wildman–Crippen LogP) is 3.33. The van der Waals surface area contributed by atoms with Gasteiger partial charge < -0.3 is 15.4 Å². The fourth-order valence-corrected chi connectivity index (χ4v) is 2.73. The summed E-state index contributed by atoms with van der Waals surface area (Å²) in [6.07, 6.45) is 2.64. The monoisotopic (exact) mass is 369 g/mol. The summed E-state index contributed by atoms with van der Waals surface area (Å²) in [6, 6.07) is 7.81. The number of aryl methyl sites for hydroxylation is 2. The van der Waals surface area contributed by atoms with E-state index < -0.39 is 5.97 Å². The molecule has 2 rings (SSSR count). The number of nitrogens with one attached hydrogen (secondary N) is 2. The molecule has 0 saturated heterocycles. The van der Waals surface area contributed by atoms with Crippen LogP contribution in [0.15, 0.2) is 40.2 Å². The van der Waals surface area contributed by atoms with Crippen LogP contribution in [0.1, 0.15) is 42.5 Å². The standard InChI is InChI=1S/C21H27N3O3/c1-5-13(2)20(17-8-15(4)21(27)23-11-17)24-18-9-16(7-6-14(18)3)10-22-12-19(25)26/h6-9,11,13,22H,5,10,12H2,1-4H3,(H,23,27)(H,25,26)/t13-/m1/s1. The zero-order valence-electron chi connectivity index (χ0n) is 16.3. The Hall–Kier alpha value is -2.73. The van der Waals surface area contributed by atoms with Gasteiger partial charge in [-0.2, -0.15) is 0 Å². The highest BCUT2D eigenvalue weighted by Crippen LogP contribution is 2.24. The first-order chi connectivity index (χ1) is 12.8. The van der Waals surface area contributed by atoms with Gasteiger partial charge in [-0.25, -0.2) is 0 Å². The Morgan fingerprint density at radius 1 is 1.26 bits per heavy atom. The number of carboxylic acid groups (broad SMARTS) is 1. The second-order valence-electron chi connectivity index (χ2n) is 6.82. The first-order valence-corrected chi connectivity index (χ1v) is 9.12. The van der Waals surface area contributed by atoms with Crippen LogP contribution in [0.3, 0.4) is 0 Å². The fraction of sp³-hybridized carbons (Fsp3) is 0.381. The van der Waals surface area contributed by atoms with E-state index in [0.717, 1.165) is 34.5 Å². The maximum absolute atomic E-state index is 11.7. The SMILES string of the molecule is CC[C@@H](C)C(=Nc1cc(CNCC(=O)O)ccc1C)c1c[nH]c(=O)c(C)c1. The number of nitrogens with zero attached hydrogens (tertiary/aromatic N) is 1. The molecule has 0 radical (unpaired) electrons. The lowest BCUT2D eigenvalue weighted by molar-refractivity contribution is -0.135. The highest BCUT2D eigenvalue weighted by Gasteiger charge is 2.14. The summed E-state index contributed by atoms with van der Waals surface area (Å²) in [5.41, 5.74) is 5.27. The van der Waals surface area contributed by atoms with Crippen LogP contribution in [-0.2, 0) is 11.3 Å². The molecule has 144 valence electrons. The first-order valence-electron chi connectivity index (χ1n) is 9.12. The Bertz CT molecular complexity index is 900. The molecule has 0 bridgehead atoms. The van der Waals surface area contributed by atoms with Crippen LogP contribution in [0, 0.1) is 19.8 Å². The number of hydrogen-bond donors (Lipinski definition) is 3. The number of carbonyl (C=O) groups is 1. The van der Waals surface area contributed by atoms with Crippen LogP contribution in [0.4, 0.5) is 5.69 Å². The van der Waals surface area contributed by atoms with Crippen molar-refractivity contribution in [1.82, 2.24) is 10.3 Å². The molecule has 0 unspecified atom stereocenters. The maximum Gasteiger partial charge on any atom is 0.317 e. The van der Waals surface area contributed by atoms with Crippen molar-refractivity contribution in [2.45, 2.75) is 40.7 Å². The van der Waals surface area contributed by atoms with Crippen molar-refractivity contribution in [3.8, 4) is 0 Å². The van der Waals surface area contributed by atoms with Crippen molar-refractivity contribution in [2.24, 2.45) is 10.9 Å². The van der Waals surface area contributed by atoms with Gasteiger partial charge in [0.25, 0.3) is 5.56 Å². The third-order valence-electron chi connectivity index (χ3n) is 4.58. The smallest absolute Gasteiger partial charge is 0.317 e. The van der Waals surface area contributed by atoms with Crippen LogP contribution < -0.4 is 10.9 Å². The van der Waals surface area contributed by atoms with E-state index in [9.17, 15) is 9.59 Å². The fourth-order valence-electron chi connectivity index (χ4n) is 2.73. The topological polar surface area (TPSA) is 94.5 Å². The van der Waals surface area contributed by atoms with E-state index in [2.05, 4.69) is 24.1 Å². The Kier molecular flexibility index (Phi) is 7.07. The van der Waals surface area contributed by atoms with Crippen molar-refractivity contribution in [3.05, 3.63) is 63.1 Å². The largest absolute Gasteiger partial charge is 0.480 e. The molecular formula is C21H27N3O3. The second kappa shape index (κ2) is 9.28.